The third kappa shape index (κ3) is 4.15. The highest BCUT2D eigenvalue weighted by Crippen LogP contribution is 2.37. The average molecular weight is 458 g/mol. The number of ether oxygens (including phenoxy) is 1. The van der Waals surface area contributed by atoms with E-state index in [0.29, 0.717) is 11.6 Å². The Morgan fingerprint density at radius 3 is 2.76 bits per heavy atom. The van der Waals surface area contributed by atoms with E-state index in [1.165, 1.54) is 12.8 Å². The number of nitrogens with zero attached hydrogens (tertiary/aromatic N) is 5. The third-order valence-electron chi connectivity index (χ3n) is 5.73. The molecular weight excluding hydrogens is 434 g/mol. The number of aliphatic hydroxyl groups is 1. The molecule has 5 rings (SSSR count). The fraction of sp³-hybridized carbons (Fsp3) is 0.476. The van der Waals surface area contributed by atoms with Gasteiger partial charge in [-0.3, -0.25) is 4.90 Å². The molecule has 1 saturated carbocycles. The van der Waals surface area contributed by atoms with Gasteiger partial charge in [0.15, 0.2) is 0 Å². The highest BCUT2D eigenvalue weighted by atomic mass is 79.9. The number of pyridine rings is 1. The molecule has 0 bridgehead atoms. The molecule has 1 aliphatic carbocycles. The van der Waals surface area contributed by atoms with Crippen molar-refractivity contribution in [1.82, 2.24) is 24.9 Å². The van der Waals surface area contributed by atoms with Gasteiger partial charge in [-0.2, -0.15) is 0 Å². The average Bonchev–Trinajstić information content (AvgIpc) is 3.45. The van der Waals surface area contributed by atoms with Crippen molar-refractivity contribution in [3.63, 3.8) is 0 Å². The van der Waals surface area contributed by atoms with Crippen molar-refractivity contribution in [3.8, 4) is 11.6 Å². The molecule has 2 aromatic heterocycles. The summed E-state index contributed by atoms with van der Waals surface area (Å²) in [4.78, 5) is 6.80. The van der Waals surface area contributed by atoms with Crippen LogP contribution in [0.4, 0.5) is 0 Å². The SMILES string of the molecule is OC1CCN(Cc2cccnc2Oc2ccc3c(nnn3CC3CC3)c2Br)CC1. The Kier molecular flexibility index (Phi) is 5.24. The smallest absolute Gasteiger partial charge is 0.223 e. The molecule has 0 atom stereocenters. The van der Waals surface area contributed by atoms with E-state index < -0.39 is 0 Å². The molecule has 1 saturated heterocycles. The molecule has 1 aliphatic heterocycles. The molecule has 2 aliphatic rings. The Hall–Kier alpha value is -2.03. The second-order valence-electron chi connectivity index (χ2n) is 8.04. The van der Waals surface area contributed by atoms with Crippen molar-refractivity contribution < 1.29 is 9.84 Å². The number of piperidine rings is 1. The Morgan fingerprint density at radius 1 is 1.14 bits per heavy atom. The lowest BCUT2D eigenvalue weighted by Crippen LogP contribution is -2.35. The summed E-state index contributed by atoms with van der Waals surface area (Å²) < 4.78 is 8.99. The van der Waals surface area contributed by atoms with Gasteiger partial charge in [0, 0.05) is 37.9 Å². The summed E-state index contributed by atoms with van der Waals surface area (Å²) in [5.41, 5.74) is 2.86. The lowest BCUT2D eigenvalue weighted by atomic mass is 10.1. The van der Waals surface area contributed by atoms with Gasteiger partial charge in [-0.15, -0.1) is 5.10 Å². The van der Waals surface area contributed by atoms with E-state index >= 15 is 0 Å². The van der Waals surface area contributed by atoms with Crippen molar-refractivity contribution in [1.29, 1.82) is 0 Å². The van der Waals surface area contributed by atoms with Gasteiger partial charge in [0.2, 0.25) is 5.88 Å². The van der Waals surface area contributed by atoms with Crippen molar-refractivity contribution in [2.24, 2.45) is 5.92 Å². The van der Waals surface area contributed by atoms with Gasteiger partial charge in [0.25, 0.3) is 0 Å². The standard InChI is InChI=1S/C21H24BrN5O2/c22-19-18(6-5-17-20(19)24-25-27(17)12-14-3-4-14)29-21-15(2-1-9-23-21)13-26-10-7-16(28)8-11-26/h1-2,5-6,9,14,16,28H,3-4,7-8,10-13H2. The normalized spacial score (nSPS) is 18.4. The Bertz CT molecular complexity index is 1010. The molecule has 152 valence electrons. The number of fused-ring (bicyclic) bond motifs is 1. The van der Waals surface area contributed by atoms with Crippen molar-refractivity contribution in [2.75, 3.05) is 13.1 Å². The number of hydrogen-bond acceptors (Lipinski definition) is 6. The number of hydrogen-bond donors (Lipinski definition) is 1. The van der Waals surface area contributed by atoms with E-state index in [4.69, 9.17) is 4.74 Å². The first-order valence-corrected chi connectivity index (χ1v) is 11.0. The minimum Gasteiger partial charge on any atom is -0.437 e. The first-order chi connectivity index (χ1) is 14.2. The maximum Gasteiger partial charge on any atom is 0.223 e. The van der Waals surface area contributed by atoms with Crippen LogP contribution in [-0.4, -0.2) is 49.2 Å². The number of benzene rings is 1. The van der Waals surface area contributed by atoms with Crippen LogP contribution in [0.2, 0.25) is 0 Å². The van der Waals surface area contributed by atoms with E-state index in [2.05, 4.69) is 36.1 Å². The number of aromatic nitrogens is 4. The van der Waals surface area contributed by atoms with Crippen molar-refractivity contribution in [2.45, 2.75) is 44.9 Å². The molecule has 1 N–H and O–H groups in total. The largest absolute Gasteiger partial charge is 0.437 e. The van der Waals surface area contributed by atoms with Crippen LogP contribution in [0.15, 0.2) is 34.9 Å². The number of likely N-dealkylation sites (tertiary alicyclic amines) is 1. The summed E-state index contributed by atoms with van der Waals surface area (Å²) in [6.07, 6.45) is 5.76. The summed E-state index contributed by atoms with van der Waals surface area (Å²) in [5, 5.41) is 18.4. The third-order valence-corrected chi connectivity index (χ3v) is 6.49. The zero-order valence-corrected chi connectivity index (χ0v) is 17.8. The van der Waals surface area contributed by atoms with E-state index in [9.17, 15) is 5.11 Å². The van der Waals surface area contributed by atoms with E-state index in [1.807, 2.05) is 28.9 Å². The summed E-state index contributed by atoms with van der Waals surface area (Å²) >= 11 is 3.66. The van der Waals surface area contributed by atoms with E-state index in [-0.39, 0.29) is 6.10 Å². The van der Waals surface area contributed by atoms with Gasteiger partial charge in [-0.05, 0) is 65.7 Å². The summed E-state index contributed by atoms with van der Waals surface area (Å²) in [5.74, 6) is 2.02. The van der Waals surface area contributed by atoms with Crippen LogP contribution in [0.25, 0.3) is 11.0 Å². The topological polar surface area (TPSA) is 76.3 Å². The zero-order valence-electron chi connectivity index (χ0n) is 16.2. The second kappa shape index (κ2) is 8.01. The van der Waals surface area contributed by atoms with Crippen LogP contribution in [-0.2, 0) is 13.1 Å². The highest BCUT2D eigenvalue weighted by molar-refractivity contribution is 9.10. The van der Waals surface area contributed by atoms with Crippen LogP contribution in [0.5, 0.6) is 11.6 Å². The van der Waals surface area contributed by atoms with Gasteiger partial charge in [-0.1, -0.05) is 11.3 Å². The minimum atomic E-state index is -0.174. The van der Waals surface area contributed by atoms with Crippen LogP contribution in [0, 0.1) is 5.92 Å². The molecule has 1 aromatic carbocycles. The Balaban J connectivity index is 1.37. The zero-order chi connectivity index (χ0) is 19.8. The highest BCUT2D eigenvalue weighted by Gasteiger charge is 2.24. The predicted octanol–water partition coefficient (Wildman–Crippen LogP) is 3.75. The van der Waals surface area contributed by atoms with Gasteiger partial charge >= 0.3 is 0 Å². The maximum atomic E-state index is 9.73. The fourth-order valence-electron chi connectivity index (χ4n) is 3.80. The maximum absolute atomic E-state index is 9.73. The lowest BCUT2D eigenvalue weighted by molar-refractivity contribution is 0.0789. The first kappa shape index (κ1) is 19.0. The molecule has 0 amide bonds. The molecule has 0 unspecified atom stereocenters. The quantitative estimate of drug-likeness (QED) is 0.607. The van der Waals surface area contributed by atoms with Crippen molar-refractivity contribution >= 4 is 27.0 Å². The first-order valence-electron chi connectivity index (χ1n) is 10.2. The van der Waals surface area contributed by atoms with Gasteiger partial charge in [0.05, 0.1) is 16.1 Å². The molecular formula is C21H24BrN5O2. The monoisotopic (exact) mass is 457 g/mol. The second-order valence-corrected chi connectivity index (χ2v) is 8.83. The predicted molar refractivity (Wildman–Crippen MR) is 113 cm³/mol. The van der Waals surface area contributed by atoms with E-state index in [1.54, 1.807) is 6.20 Å². The molecule has 0 spiro atoms. The van der Waals surface area contributed by atoms with Crippen LogP contribution in [0.1, 0.15) is 31.2 Å². The van der Waals surface area contributed by atoms with Gasteiger partial charge in [-0.25, -0.2) is 9.67 Å². The number of halogens is 1. The Labute approximate surface area is 177 Å². The van der Waals surface area contributed by atoms with Gasteiger partial charge in [0.1, 0.15) is 11.3 Å². The van der Waals surface area contributed by atoms with Crippen LogP contribution >= 0.6 is 15.9 Å². The molecule has 29 heavy (non-hydrogen) atoms. The molecule has 8 heteroatoms. The van der Waals surface area contributed by atoms with E-state index in [0.717, 1.165) is 66.0 Å². The number of aliphatic hydroxyl groups excluding tert-OH is 1. The fourth-order valence-corrected chi connectivity index (χ4v) is 4.30. The molecule has 0 radical (unpaired) electrons. The molecule has 7 nitrogen and oxygen atoms in total. The molecule has 3 aromatic rings. The lowest BCUT2D eigenvalue weighted by Gasteiger charge is -2.29. The number of rotatable bonds is 6. The minimum absolute atomic E-state index is 0.174. The molecule has 3 heterocycles. The van der Waals surface area contributed by atoms with Crippen molar-refractivity contribution in [3.05, 3.63) is 40.5 Å². The van der Waals surface area contributed by atoms with Gasteiger partial charge < -0.3 is 9.84 Å². The summed E-state index contributed by atoms with van der Waals surface area (Å²) in [6, 6.07) is 7.95. The molecule has 2 fully saturated rings. The summed E-state index contributed by atoms with van der Waals surface area (Å²) in [7, 11) is 0. The Morgan fingerprint density at radius 2 is 1.97 bits per heavy atom. The van der Waals surface area contributed by atoms with Crippen LogP contribution in [0.3, 0.4) is 0 Å². The van der Waals surface area contributed by atoms with Crippen LogP contribution < -0.4 is 4.74 Å². The summed E-state index contributed by atoms with van der Waals surface area (Å²) in [6.45, 7) is 3.45.